The zero-order chi connectivity index (χ0) is 17.2. The first kappa shape index (κ1) is 16.7. The molecule has 3 atom stereocenters. The van der Waals surface area contributed by atoms with Crippen molar-refractivity contribution in [2.24, 2.45) is 17.6 Å². The van der Waals surface area contributed by atoms with Crippen LogP contribution in [0.15, 0.2) is 59.5 Å². The van der Waals surface area contributed by atoms with Crippen LogP contribution in [0.4, 0.5) is 0 Å². The third kappa shape index (κ3) is 3.60. The van der Waals surface area contributed by atoms with Gasteiger partial charge in [0.15, 0.2) is 0 Å². The van der Waals surface area contributed by atoms with E-state index < -0.39 is 0 Å². The van der Waals surface area contributed by atoms with Crippen molar-refractivity contribution in [3.05, 3.63) is 65.7 Å². The number of fused-ring (bicyclic) bond motifs is 1. The maximum absolute atomic E-state index is 12.8. The third-order valence-corrected chi connectivity index (χ3v) is 6.63. The van der Waals surface area contributed by atoms with Gasteiger partial charge >= 0.3 is 0 Å². The summed E-state index contributed by atoms with van der Waals surface area (Å²) in [7, 11) is 0. The van der Waals surface area contributed by atoms with E-state index in [-0.39, 0.29) is 11.9 Å². The Bertz CT molecular complexity index is 731. The molecule has 25 heavy (non-hydrogen) atoms. The van der Waals surface area contributed by atoms with Crippen LogP contribution in [0.5, 0.6) is 0 Å². The molecule has 2 fully saturated rings. The average molecular weight is 353 g/mol. The molecule has 1 aliphatic carbocycles. The molecule has 1 saturated heterocycles. The van der Waals surface area contributed by atoms with Gasteiger partial charge in [-0.3, -0.25) is 4.79 Å². The second kappa shape index (κ2) is 7.22. The van der Waals surface area contributed by atoms with Crippen molar-refractivity contribution in [1.29, 1.82) is 0 Å². The standard InChI is InChI=1S/C21H24N2OS/c22-20-11-8-17-12-23(13-19(17)20)21(24)16-6-9-18(10-7-16)25-14-15-4-2-1-3-5-15/h1-7,9-10,17,19-20H,8,11-14,22H2. The summed E-state index contributed by atoms with van der Waals surface area (Å²) in [6, 6.07) is 18.8. The van der Waals surface area contributed by atoms with Crippen molar-refractivity contribution >= 4 is 17.7 Å². The van der Waals surface area contributed by atoms with Crippen LogP contribution in [0.3, 0.4) is 0 Å². The van der Waals surface area contributed by atoms with Crippen molar-refractivity contribution in [3.8, 4) is 0 Å². The van der Waals surface area contributed by atoms with Gasteiger partial charge in [0, 0.05) is 35.3 Å². The lowest BCUT2D eigenvalue weighted by atomic mass is 9.98. The Morgan fingerprint density at radius 3 is 2.52 bits per heavy atom. The molecule has 3 nitrogen and oxygen atoms in total. The molecule has 0 radical (unpaired) electrons. The topological polar surface area (TPSA) is 46.3 Å². The molecule has 130 valence electrons. The summed E-state index contributed by atoms with van der Waals surface area (Å²) in [5, 5.41) is 0. The normalized spacial score (nSPS) is 25.2. The largest absolute Gasteiger partial charge is 0.338 e. The Balaban J connectivity index is 1.36. The number of hydrogen-bond donors (Lipinski definition) is 1. The number of hydrogen-bond acceptors (Lipinski definition) is 3. The Morgan fingerprint density at radius 2 is 1.80 bits per heavy atom. The SMILES string of the molecule is NC1CCC2CN(C(=O)c3ccc(SCc4ccccc4)cc3)CC12. The second-order valence-electron chi connectivity index (χ2n) is 7.17. The molecule has 3 unspecified atom stereocenters. The molecular weight excluding hydrogens is 328 g/mol. The fourth-order valence-corrected chi connectivity index (χ4v) is 4.94. The van der Waals surface area contributed by atoms with Crippen LogP contribution in [0, 0.1) is 11.8 Å². The molecule has 1 amide bonds. The molecule has 2 N–H and O–H groups in total. The molecule has 0 bridgehead atoms. The highest BCUT2D eigenvalue weighted by Gasteiger charge is 2.42. The number of benzene rings is 2. The lowest BCUT2D eigenvalue weighted by Gasteiger charge is -2.19. The van der Waals surface area contributed by atoms with E-state index in [4.69, 9.17) is 5.73 Å². The number of amides is 1. The van der Waals surface area contributed by atoms with E-state index in [1.807, 2.05) is 23.1 Å². The van der Waals surface area contributed by atoms with Gasteiger partial charge in [0.2, 0.25) is 0 Å². The van der Waals surface area contributed by atoms with Gasteiger partial charge < -0.3 is 10.6 Å². The minimum Gasteiger partial charge on any atom is -0.338 e. The molecule has 1 saturated carbocycles. The summed E-state index contributed by atoms with van der Waals surface area (Å²) in [6.45, 7) is 1.71. The van der Waals surface area contributed by atoms with E-state index in [0.29, 0.717) is 11.8 Å². The van der Waals surface area contributed by atoms with E-state index >= 15 is 0 Å². The van der Waals surface area contributed by atoms with Crippen LogP contribution in [0.2, 0.25) is 0 Å². The molecule has 1 aliphatic heterocycles. The number of carbonyl (C=O) groups is 1. The lowest BCUT2D eigenvalue weighted by Crippen LogP contribution is -2.33. The summed E-state index contributed by atoms with van der Waals surface area (Å²) < 4.78 is 0. The van der Waals surface area contributed by atoms with Gasteiger partial charge in [-0.05, 0) is 54.5 Å². The predicted octanol–water partition coefficient (Wildman–Crippen LogP) is 3.79. The van der Waals surface area contributed by atoms with Gasteiger partial charge in [-0.2, -0.15) is 0 Å². The van der Waals surface area contributed by atoms with Crippen molar-refractivity contribution in [1.82, 2.24) is 4.90 Å². The number of rotatable bonds is 4. The predicted molar refractivity (Wildman–Crippen MR) is 103 cm³/mol. The monoisotopic (exact) mass is 352 g/mol. The fourth-order valence-electron chi connectivity index (χ4n) is 4.09. The highest BCUT2D eigenvalue weighted by atomic mass is 32.2. The van der Waals surface area contributed by atoms with Gasteiger partial charge in [0.1, 0.15) is 0 Å². The number of nitrogens with two attached hydrogens (primary N) is 1. The molecule has 0 spiro atoms. The number of nitrogens with zero attached hydrogens (tertiary/aromatic N) is 1. The minimum atomic E-state index is 0.154. The van der Waals surface area contributed by atoms with Gasteiger partial charge in [0.25, 0.3) is 5.91 Å². The molecule has 2 aromatic carbocycles. The molecule has 0 aromatic heterocycles. The molecule has 1 heterocycles. The number of likely N-dealkylation sites (tertiary alicyclic amines) is 1. The molecule has 2 aromatic rings. The molecule has 2 aliphatic rings. The molecule has 4 rings (SSSR count). The fraction of sp³-hybridized carbons (Fsp3) is 0.381. The van der Waals surface area contributed by atoms with Gasteiger partial charge in [-0.1, -0.05) is 30.3 Å². The van der Waals surface area contributed by atoms with Gasteiger partial charge in [-0.15, -0.1) is 11.8 Å². The average Bonchev–Trinajstić information content (AvgIpc) is 3.23. The first-order chi connectivity index (χ1) is 12.2. The van der Waals surface area contributed by atoms with Crippen molar-refractivity contribution in [3.63, 3.8) is 0 Å². The lowest BCUT2D eigenvalue weighted by molar-refractivity contribution is 0.0779. The first-order valence-corrected chi connectivity index (χ1v) is 10.0. The Hall–Kier alpha value is -1.78. The summed E-state index contributed by atoms with van der Waals surface area (Å²) >= 11 is 1.80. The van der Waals surface area contributed by atoms with Gasteiger partial charge in [-0.25, -0.2) is 0 Å². The summed E-state index contributed by atoms with van der Waals surface area (Å²) in [5.41, 5.74) is 8.28. The molecular formula is C21H24N2OS. The highest BCUT2D eigenvalue weighted by Crippen LogP contribution is 2.37. The smallest absolute Gasteiger partial charge is 0.253 e. The van der Waals surface area contributed by atoms with Crippen molar-refractivity contribution < 1.29 is 4.79 Å². The molecule has 4 heteroatoms. The Labute approximate surface area is 153 Å². The van der Waals surface area contributed by atoms with E-state index in [2.05, 4.69) is 36.4 Å². The Morgan fingerprint density at radius 1 is 1.04 bits per heavy atom. The van der Waals surface area contributed by atoms with Gasteiger partial charge in [0.05, 0.1) is 0 Å². The highest BCUT2D eigenvalue weighted by molar-refractivity contribution is 7.98. The Kier molecular flexibility index (Phi) is 4.82. The van der Waals surface area contributed by atoms with Crippen LogP contribution in [0.1, 0.15) is 28.8 Å². The van der Waals surface area contributed by atoms with Crippen LogP contribution in [-0.2, 0) is 5.75 Å². The van der Waals surface area contributed by atoms with E-state index in [1.165, 1.54) is 16.9 Å². The van der Waals surface area contributed by atoms with Crippen LogP contribution >= 0.6 is 11.8 Å². The maximum atomic E-state index is 12.8. The zero-order valence-corrected chi connectivity index (χ0v) is 15.1. The third-order valence-electron chi connectivity index (χ3n) is 5.55. The maximum Gasteiger partial charge on any atom is 0.253 e. The van der Waals surface area contributed by atoms with E-state index in [9.17, 15) is 4.79 Å². The van der Waals surface area contributed by atoms with Crippen LogP contribution in [-0.4, -0.2) is 29.9 Å². The van der Waals surface area contributed by atoms with Crippen molar-refractivity contribution in [2.75, 3.05) is 13.1 Å². The van der Waals surface area contributed by atoms with Crippen LogP contribution < -0.4 is 5.73 Å². The summed E-state index contributed by atoms with van der Waals surface area (Å²) in [6.07, 6.45) is 2.29. The minimum absolute atomic E-state index is 0.154. The van der Waals surface area contributed by atoms with Crippen molar-refractivity contribution in [2.45, 2.75) is 29.5 Å². The first-order valence-electron chi connectivity index (χ1n) is 9.02. The zero-order valence-electron chi connectivity index (χ0n) is 14.3. The van der Waals surface area contributed by atoms with E-state index in [0.717, 1.165) is 30.8 Å². The quantitative estimate of drug-likeness (QED) is 0.852. The summed E-state index contributed by atoms with van der Waals surface area (Å²) in [5.74, 6) is 2.21. The number of carbonyl (C=O) groups excluding carboxylic acids is 1. The second-order valence-corrected chi connectivity index (χ2v) is 8.22. The van der Waals surface area contributed by atoms with Crippen LogP contribution in [0.25, 0.3) is 0 Å². The number of thioether (sulfide) groups is 1. The van der Waals surface area contributed by atoms with E-state index in [1.54, 1.807) is 11.8 Å². The summed E-state index contributed by atoms with van der Waals surface area (Å²) in [4.78, 5) is 15.9.